The van der Waals surface area contributed by atoms with Crippen LogP contribution in [0.1, 0.15) is 5.56 Å². The Morgan fingerprint density at radius 3 is 2.83 bits per heavy atom. The van der Waals surface area contributed by atoms with E-state index in [1.807, 2.05) is 12.1 Å². The molecule has 1 aromatic carbocycles. The van der Waals surface area contributed by atoms with Gasteiger partial charge in [0.1, 0.15) is 6.61 Å². The summed E-state index contributed by atoms with van der Waals surface area (Å²) < 4.78 is 4.81. The molecule has 0 aromatic heterocycles. The van der Waals surface area contributed by atoms with Gasteiger partial charge in [0.15, 0.2) is 0 Å². The van der Waals surface area contributed by atoms with E-state index in [0.29, 0.717) is 6.61 Å². The lowest BCUT2D eigenvalue weighted by molar-refractivity contribution is -0.138. The molecule has 0 aliphatic heterocycles. The third-order valence-corrected chi connectivity index (χ3v) is 1.34. The van der Waals surface area contributed by atoms with Crippen LogP contribution in [-0.2, 0) is 16.1 Å². The molecule has 2 nitrogen and oxygen atoms in total. The fraction of sp³-hybridized carbons (Fsp3) is 0.100. The summed E-state index contributed by atoms with van der Waals surface area (Å²) >= 11 is 0. The quantitative estimate of drug-likeness (QED) is 0.498. The van der Waals surface area contributed by atoms with Crippen molar-refractivity contribution in [1.29, 1.82) is 0 Å². The fourth-order valence-electron chi connectivity index (χ4n) is 0.731. The van der Waals surface area contributed by atoms with Gasteiger partial charge in [0, 0.05) is 6.08 Å². The average molecular weight is 161 g/mol. The van der Waals surface area contributed by atoms with E-state index >= 15 is 0 Å². The highest BCUT2D eigenvalue weighted by Gasteiger charge is 1.95. The molecule has 0 saturated heterocycles. The Kier molecular flexibility index (Phi) is 3.08. The third kappa shape index (κ3) is 2.58. The number of hydrogen-bond donors (Lipinski definition) is 0. The van der Waals surface area contributed by atoms with Crippen molar-refractivity contribution in [2.45, 2.75) is 6.61 Å². The van der Waals surface area contributed by atoms with Gasteiger partial charge in [-0.15, -0.1) is 0 Å². The Morgan fingerprint density at radius 1 is 1.58 bits per heavy atom. The zero-order valence-electron chi connectivity index (χ0n) is 6.62. The molecule has 0 bridgehead atoms. The largest absolute Gasteiger partial charge is 0.458 e. The van der Waals surface area contributed by atoms with Crippen molar-refractivity contribution < 1.29 is 9.53 Å². The lowest BCUT2D eigenvalue weighted by atomic mass is 10.2. The zero-order valence-corrected chi connectivity index (χ0v) is 6.62. The van der Waals surface area contributed by atoms with Crippen molar-refractivity contribution in [2.75, 3.05) is 0 Å². The maximum atomic E-state index is 10.6. The van der Waals surface area contributed by atoms with Crippen LogP contribution in [0.4, 0.5) is 0 Å². The van der Waals surface area contributed by atoms with Gasteiger partial charge in [-0.05, 0) is 11.6 Å². The van der Waals surface area contributed by atoms with Crippen molar-refractivity contribution in [2.24, 2.45) is 0 Å². The molecule has 1 radical (unpaired) electrons. The SMILES string of the molecule is C=CC(=O)OCc1cc[c]cc1. The van der Waals surface area contributed by atoms with Gasteiger partial charge >= 0.3 is 5.97 Å². The van der Waals surface area contributed by atoms with Gasteiger partial charge < -0.3 is 4.74 Å². The van der Waals surface area contributed by atoms with E-state index in [2.05, 4.69) is 12.6 Å². The van der Waals surface area contributed by atoms with Crippen molar-refractivity contribution in [3.05, 3.63) is 48.6 Å². The molecule has 2 heteroatoms. The first kappa shape index (κ1) is 8.53. The number of carbonyl (C=O) groups excluding carboxylic acids is 1. The van der Waals surface area contributed by atoms with Crippen LogP contribution in [0.3, 0.4) is 0 Å². The van der Waals surface area contributed by atoms with Crippen LogP contribution in [0.15, 0.2) is 36.9 Å². The number of carbonyl (C=O) groups is 1. The lowest BCUT2D eigenvalue weighted by Gasteiger charge is -2.00. The second-order valence-electron chi connectivity index (χ2n) is 2.22. The first-order valence-electron chi connectivity index (χ1n) is 3.57. The van der Waals surface area contributed by atoms with E-state index in [4.69, 9.17) is 4.74 Å². The molecule has 1 rings (SSSR count). The number of hydrogen-bond acceptors (Lipinski definition) is 2. The molecule has 0 spiro atoms. The van der Waals surface area contributed by atoms with Crippen molar-refractivity contribution in [1.82, 2.24) is 0 Å². The first-order valence-corrected chi connectivity index (χ1v) is 3.57. The topological polar surface area (TPSA) is 26.3 Å². The van der Waals surface area contributed by atoms with Crippen molar-refractivity contribution >= 4 is 5.97 Å². The highest BCUT2D eigenvalue weighted by atomic mass is 16.5. The molecule has 12 heavy (non-hydrogen) atoms. The Balaban J connectivity index is 2.43. The fourth-order valence-corrected chi connectivity index (χ4v) is 0.731. The molecule has 0 heterocycles. The van der Waals surface area contributed by atoms with Crippen LogP contribution >= 0.6 is 0 Å². The predicted octanol–water partition coefficient (Wildman–Crippen LogP) is 1.72. The van der Waals surface area contributed by atoms with Crippen molar-refractivity contribution in [3.63, 3.8) is 0 Å². The molecule has 61 valence electrons. The summed E-state index contributed by atoms with van der Waals surface area (Å²) in [6.07, 6.45) is 1.15. The molecular formula is C10H9O2. The van der Waals surface area contributed by atoms with Crippen molar-refractivity contribution in [3.8, 4) is 0 Å². The molecule has 0 atom stereocenters. The minimum Gasteiger partial charge on any atom is -0.458 e. The number of rotatable bonds is 3. The molecule has 0 saturated carbocycles. The molecular weight excluding hydrogens is 152 g/mol. The Morgan fingerprint density at radius 2 is 2.25 bits per heavy atom. The van der Waals surface area contributed by atoms with Gasteiger partial charge in [-0.1, -0.05) is 30.8 Å². The van der Waals surface area contributed by atoms with E-state index < -0.39 is 5.97 Å². The third-order valence-electron chi connectivity index (χ3n) is 1.34. The van der Waals surface area contributed by atoms with Crippen LogP contribution in [0.5, 0.6) is 0 Å². The molecule has 0 N–H and O–H groups in total. The molecule has 0 amide bonds. The number of benzene rings is 1. The predicted molar refractivity (Wildman–Crippen MR) is 45.3 cm³/mol. The van der Waals surface area contributed by atoms with E-state index in [9.17, 15) is 4.79 Å². The van der Waals surface area contributed by atoms with E-state index in [-0.39, 0.29) is 0 Å². The van der Waals surface area contributed by atoms with E-state index in [0.717, 1.165) is 11.6 Å². The Labute approximate surface area is 71.5 Å². The standard InChI is InChI=1S/C10H9O2/c1-2-10(11)12-8-9-6-4-3-5-7-9/h2,4-7H,1,8H2. The monoisotopic (exact) mass is 161 g/mol. The molecule has 0 aliphatic rings. The summed E-state index contributed by atoms with van der Waals surface area (Å²) in [6.45, 7) is 3.58. The lowest BCUT2D eigenvalue weighted by Crippen LogP contribution is -1.99. The Hall–Kier alpha value is -1.57. The first-order chi connectivity index (χ1) is 5.83. The van der Waals surface area contributed by atoms with Gasteiger partial charge in [-0.2, -0.15) is 0 Å². The minimum atomic E-state index is -0.400. The van der Waals surface area contributed by atoms with Gasteiger partial charge in [0.25, 0.3) is 0 Å². The second kappa shape index (κ2) is 4.34. The molecule has 0 unspecified atom stereocenters. The minimum absolute atomic E-state index is 0.291. The van der Waals surface area contributed by atoms with E-state index in [1.54, 1.807) is 12.1 Å². The number of ether oxygens (including phenoxy) is 1. The van der Waals surface area contributed by atoms with Crippen LogP contribution < -0.4 is 0 Å². The van der Waals surface area contributed by atoms with Crippen LogP contribution in [-0.4, -0.2) is 5.97 Å². The van der Waals surface area contributed by atoms with Crippen LogP contribution in [0.2, 0.25) is 0 Å². The molecule has 1 aromatic rings. The summed E-state index contributed by atoms with van der Waals surface area (Å²) in [5, 5.41) is 0. The van der Waals surface area contributed by atoms with Gasteiger partial charge in [-0.25, -0.2) is 4.79 Å². The van der Waals surface area contributed by atoms with Crippen LogP contribution in [0, 0.1) is 6.07 Å². The summed E-state index contributed by atoms with van der Waals surface area (Å²) in [6, 6.07) is 10.1. The second-order valence-corrected chi connectivity index (χ2v) is 2.22. The summed E-state index contributed by atoms with van der Waals surface area (Å²) in [5.41, 5.74) is 0.948. The normalized spacial score (nSPS) is 9.00. The van der Waals surface area contributed by atoms with Gasteiger partial charge in [-0.3, -0.25) is 0 Å². The summed E-state index contributed by atoms with van der Waals surface area (Å²) in [7, 11) is 0. The van der Waals surface area contributed by atoms with Gasteiger partial charge in [0.2, 0.25) is 0 Å². The maximum Gasteiger partial charge on any atom is 0.330 e. The maximum absolute atomic E-state index is 10.6. The molecule has 0 aliphatic carbocycles. The summed E-state index contributed by atoms with van der Waals surface area (Å²) in [4.78, 5) is 10.6. The smallest absolute Gasteiger partial charge is 0.330 e. The van der Waals surface area contributed by atoms with Gasteiger partial charge in [0.05, 0.1) is 0 Å². The number of esters is 1. The zero-order chi connectivity index (χ0) is 8.81. The average Bonchev–Trinajstić information content (AvgIpc) is 2.16. The Bertz CT molecular complexity index is 264. The van der Waals surface area contributed by atoms with E-state index in [1.165, 1.54) is 0 Å². The summed E-state index contributed by atoms with van der Waals surface area (Å²) in [5.74, 6) is -0.400. The van der Waals surface area contributed by atoms with Crippen LogP contribution in [0.25, 0.3) is 0 Å². The molecule has 0 fully saturated rings. The highest BCUT2D eigenvalue weighted by Crippen LogP contribution is 1.99. The highest BCUT2D eigenvalue weighted by molar-refractivity contribution is 5.81.